The van der Waals surface area contributed by atoms with Crippen molar-refractivity contribution in [2.45, 2.75) is 25.4 Å². The maximum atomic E-state index is 12.2. The number of benzene rings is 1. The van der Waals surface area contributed by atoms with Gasteiger partial charge in [0.1, 0.15) is 10.6 Å². The van der Waals surface area contributed by atoms with Gasteiger partial charge in [0.15, 0.2) is 11.5 Å². The molecule has 1 aromatic heterocycles. The lowest BCUT2D eigenvalue weighted by Gasteiger charge is -2.10. The minimum absolute atomic E-state index is 0.00709. The molecule has 0 fully saturated rings. The Bertz CT molecular complexity index is 959. The van der Waals surface area contributed by atoms with Gasteiger partial charge in [0.2, 0.25) is 12.7 Å². The van der Waals surface area contributed by atoms with E-state index in [1.54, 1.807) is 26.0 Å². The molecule has 148 valence electrons. The number of nitrogens with zero attached hydrogens (tertiary/aromatic N) is 1. The van der Waals surface area contributed by atoms with Crippen LogP contribution in [0.1, 0.15) is 28.5 Å². The van der Waals surface area contributed by atoms with Gasteiger partial charge < -0.3 is 24.5 Å². The number of thioether (sulfide) groups is 1. The monoisotopic (exact) mass is 405 g/mol. The molecule has 1 aliphatic rings. The number of ether oxygens (including phenoxy) is 3. The van der Waals surface area contributed by atoms with E-state index in [0.29, 0.717) is 23.7 Å². The van der Waals surface area contributed by atoms with Crippen LogP contribution in [0, 0.1) is 6.92 Å². The summed E-state index contributed by atoms with van der Waals surface area (Å²) in [5.41, 5.74) is 0.783. The van der Waals surface area contributed by atoms with Crippen molar-refractivity contribution in [3.05, 3.63) is 45.5 Å². The predicted octanol–water partition coefficient (Wildman–Crippen LogP) is 1.39. The summed E-state index contributed by atoms with van der Waals surface area (Å²) in [5.74, 6) is 0.452. The lowest BCUT2D eigenvalue weighted by molar-refractivity contribution is -0.118. The Morgan fingerprint density at radius 1 is 1.32 bits per heavy atom. The number of amides is 1. The second-order valence-corrected chi connectivity index (χ2v) is 6.78. The van der Waals surface area contributed by atoms with Gasteiger partial charge in [-0.05, 0) is 31.5 Å². The van der Waals surface area contributed by atoms with Crippen molar-refractivity contribution in [1.29, 1.82) is 0 Å². The number of rotatable bonds is 7. The zero-order chi connectivity index (χ0) is 20.1. The van der Waals surface area contributed by atoms with Crippen LogP contribution in [0.2, 0.25) is 0 Å². The van der Waals surface area contributed by atoms with E-state index in [0.717, 1.165) is 17.3 Å². The van der Waals surface area contributed by atoms with Gasteiger partial charge in [-0.2, -0.15) is 4.98 Å². The normalized spacial score (nSPS) is 11.9. The Balaban J connectivity index is 1.61. The van der Waals surface area contributed by atoms with Gasteiger partial charge in [-0.25, -0.2) is 9.59 Å². The van der Waals surface area contributed by atoms with Gasteiger partial charge in [-0.3, -0.25) is 4.79 Å². The molecule has 2 aromatic rings. The third-order valence-corrected chi connectivity index (χ3v) is 4.81. The van der Waals surface area contributed by atoms with Crippen LogP contribution in [0.4, 0.5) is 0 Å². The molecule has 9 nitrogen and oxygen atoms in total. The lowest BCUT2D eigenvalue weighted by Crippen LogP contribution is -2.25. The molecule has 0 unspecified atom stereocenters. The molecule has 28 heavy (non-hydrogen) atoms. The summed E-state index contributed by atoms with van der Waals surface area (Å²) in [5, 5.41) is 2.94. The number of H-pyrrole nitrogens is 1. The number of aromatic nitrogens is 2. The number of aromatic amines is 1. The molecule has 2 N–H and O–H groups in total. The summed E-state index contributed by atoms with van der Waals surface area (Å²) in [7, 11) is 0. The Hall–Kier alpha value is -3.01. The molecule has 0 aliphatic carbocycles. The Morgan fingerprint density at radius 3 is 2.89 bits per heavy atom. The molecule has 0 spiro atoms. The van der Waals surface area contributed by atoms with E-state index >= 15 is 0 Å². The van der Waals surface area contributed by atoms with E-state index in [-0.39, 0.29) is 35.6 Å². The highest BCUT2D eigenvalue weighted by Gasteiger charge is 2.20. The number of carbonyl (C=O) groups excluding carboxylic acids is 2. The zero-order valence-corrected chi connectivity index (χ0v) is 16.2. The van der Waals surface area contributed by atoms with Gasteiger partial charge >= 0.3 is 11.7 Å². The smallest absolute Gasteiger partial charge is 0.346 e. The molecule has 1 aromatic carbocycles. The average Bonchev–Trinajstić information content (AvgIpc) is 3.12. The molecular formula is C18H19N3O6S. The highest BCUT2D eigenvalue weighted by molar-refractivity contribution is 8.00. The van der Waals surface area contributed by atoms with Crippen LogP contribution in [0.15, 0.2) is 28.0 Å². The second-order valence-electron chi connectivity index (χ2n) is 5.82. The Kier molecular flexibility index (Phi) is 6.19. The van der Waals surface area contributed by atoms with E-state index < -0.39 is 11.7 Å². The first-order chi connectivity index (χ1) is 13.5. The van der Waals surface area contributed by atoms with Crippen molar-refractivity contribution in [2.75, 3.05) is 19.2 Å². The average molecular weight is 405 g/mol. The molecule has 0 radical (unpaired) electrons. The first-order valence-corrected chi connectivity index (χ1v) is 9.52. The standard InChI is InChI=1S/C18H19N3O6S/c1-3-25-17(23)15-10(2)20-18(24)21-16(15)28-8-14(22)19-7-11-4-5-12-13(6-11)27-9-26-12/h4-6H,3,7-9H2,1-2H3,(H,19,22)(H,20,21,24). The van der Waals surface area contributed by atoms with E-state index in [9.17, 15) is 14.4 Å². The number of nitrogens with one attached hydrogen (secondary N) is 2. The number of hydrogen-bond donors (Lipinski definition) is 2. The Morgan fingerprint density at radius 2 is 2.11 bits per heavy atom. The van der Waals surface area contributed by atoms with E-state index in [1.807, 2.05) is 6.07 Å². The summed E-state index contributed by atoms with van der Waals surface area (Å²) in [4.78, 5) is 42.2. The number of hydrogen-bond acceptors (Lipinski definition) is 8. The highest BCUT2D eigenvalue weighted by atomic mass is 32.2. The minimum Gasteiger partial charge on any atom is -0.462 e. The van der Waals surface area contributed by atoms with Gasteiger partial charge in [-0.15, -0.1) is 0 Å². The van der Waals surface area contributed by atoms with Crippen LogP contribution in [0.25, 0.3) is 0 Å². The summed E-state index contributed by atoms with van der Waals surface area (Å²) in [6.45, 7) is 3.95. The molecule has 3 rings (SSSR count). The maximum absolute atomic E-state index is 12.2. The van der Waals surface area contributed by atoms with Crippen molar-refractivity contribution in [1.82, 2.24) is 15.3 Å². The number of aryl methyl sites for hydroxylation is 1. The van der Waals surface area contributed by atoms with E-state index in [2.05, 4.69) is 15.3 Å². The topological polar surface area (TPSA) is 120 Å². The highest BCUT2D eigenvalue weighted by Crippen LogP contribution is 2.32. The molecular weight excluding hydrogens is 386 g/mol. The number of fused-ring (bicyclic) bond motifs is 1. The van der Waals surface area contributed by atoms with Crippen LogP contribution >= 0.6 is 11.8 Å². The van der Waals surface area contributed by atoms with Crippen LogP contribution in [0.3, 0.4) is 0 Å². The fourth-order valence-electron chi connectivity index (χ4n) is 2.54. The summed E-state index contributed by atoms with van der Waals surface area (Å²) >= 11 is 1.00. The fourth-order valence-corrected chi connectivity index (χ4v) is 3.44. The molecule has 1 aliphatic heterocycles. The molecule has 10 heteroatoms. The quantitative estimate of drug-likeness (QED) is 0.403. The van der Waals surface area contributed by atoms with Crippen LogP contribution in [-0.2, 0) is 16.1 Å². The van der Waals surface area contributed by atoms with Crippen LogP contribution in [0.5, 0.6) is 11.5 Å². The third kappa shape index (κ3) is 4.63. The molecule has 0 saturated heterocycles. The van der Waals surface area contributed by atoms with Crippen LogP contribution in [-0.4, -0.2) is 41.0 Å². The molecule has 2 heterocycles. The largest absolute Gasteiger partial charge is 0.462 e. The fraction of sp³-hybridized carbons (Fsp3) is 0.333. The molecule has 1 amide bonds. The van der Waals surface area contributed by atoms with Gasteiger partial charge in [0, 0.05) is 12.2 Å². The number of esters is 1. The SMILES string of the molecule is CCOC(=O)c1c(SCC(=O)NCc2ccc3c(c2)OCO3)nc(=O)[nH]c1C. The zero-order valence-electron chi connectivity index (χ0n) is 15.4. The van der Waals surface area contributed by atoms with Crippen molar-refractivity contribution in [3.63, 3.8) is 0 Å². The van der Waals surface area contributed by atoms with Crippen molar-refractivity contribution in [3.8, 4) is 11.5 Å². The molecule has 0 saturated carbocycles. The summed E-state index contributed by atoms with van der Waals surface area (Å²) in [6.07, 6.45) is 0. The van der Waals surface area contributed by atoms with Gasteiger partial charge in [0.05, 0.1) is 12.4 Å². The van der Waals surface area contributed by atoms with E-state index in [4.69, 9.17) is 14.2 Å². The lowest BCUT2D eigenvalue weighted by atomic mass is 10.2. The summed E-state index contributed by atoms with van der Waals surface area (Å²) < 4.78 is 15.6. The molecule has 0 bridgehead atoms. The number of carbonyl (C=O) groups is 2. The summed E-state index contributed by atoms with van der Waals surface area (Å²) in [6, 6.07) is 5.42. The first kappa shape index (κ1) is 19.7. The molecule has 0 atom stereocenters. The van der Waals surface area contributed by atoms with Crippen molar-refractivity contribution in [2.24, 2.45) is 0 Å². The van der Waals surface area contributed by atoms with E-state index in [1.165, 1.54) is 0 Å². The second kappa shape index (κ2) is 8.79. The maximum Gasteiger partial charge on any atom is 0.346 e. The third-order valence-electron chi connectivity index (χ3n) is 3.83. The minimum atomic E-state index is -0.591. The predicted molar refractivity (Wildman–Crippen MR) is 101 cm³/mol. The first-order valence-electron chi connectivity index (χ1n) is 8.54. The van der Waals surface area contributed by atoms with Crippen molar-refractivity contribution >= 4 is 23.6 Å². The van der Waals surface area contributed by atoms with Crippen molar-refractivity contribution < 1.29 is 23.8 Å². The van der Waals surface area contributed by atoms with Gasteiger partial charge in [0.25, 0.3) is 0 Å². The van der Waals surface area contributed by atoms with Gasteiger partial charge in [-0.1, -0.05) is 17.8 Å². The Labute approximate surface area is 164 Å². The van der Waals surface area contributed by atoms with Crippen LogP contribution < -0.4 is 20.5 Å².